The zero-order valence-electron chi connectivity index (χ0n) is 18.5. The number of rotatable bonds is 9. The van der Waals surface area contributed by atoms with Crippen molar-refractivity contribution in [3.8, 4) is 17.6 Å². The Morgan fingerprint density at radius 3 is 2.51 bits per heavy atom. The lowest BCUT2D eigenvalue weighted by Crippen LogP contribution is -2.14. The van der Waals surface area contributed by atoms with Crippen molar-refractivity contribution in [1.82, 2.24) is 0 Å². The Kier molecular flexibility index (Phi) is 8.53. The van der Waals surface area contributed by atoms with Crippen molar-refractivity contribution >= 4 is 39.3 Å². The number of nitrogens with one attached hydrogen (secondary N) is 1. The first-order chi connectivity index (χ1) is 16.8. The molecule has 3 aromatic rings. The van der Waals surface area contributed by atoms with E-state index in [2.05, 4.69) is 21.2 Å². The highest BCUT2D eigenvalue weighted by Gasteiger charge is 2.15. The molecule has 0 radical (unpaired) electrons. The van der Waals surface area contributed by atoms with E-state index in [1.165, 1.54) is 36.4 Å². The Bertz CT molecular complexity index is 1320. The Morgan fingerprint density at radius 2 is 1.89 bits per heavy atom. The lowest BCUT2D eigenvalue weighted by molar-refractivity contribution is -0.384. The van der Waals surface area contributed by atoms with Crippen molar-refractivity contribution in [2.75, 3.05) is 11.9 Å². The molecule has 178 valence electrons. The molecule has 1 N–H and O–H groups in total. The third kappa shape index (κ3) is 6.88. The molecule has 10 heteroatoms. The summed E-state index contributed by atoms with van der Waals surface area (Å²) in [6.07, 6.45) is 1.39. The Hall–Kier alpha value is -4.23. The summed E-state index contributed by atoms with van der Waals surface area (Å²) < 4.78 is 24.8. The average Bonchev–Trinajstić information content (AvgIpc) is 2.84. The minimum atomic E-state index is -0.684. The Labute approximate surface area is 208 Å². The number of carbonyl (C=O) groups excluding carboxylic acids is 1. The van der Waals surface area contributed by atoms with Gasteiger partial charge in [-0.25, -0.2) is 4.39 Å². The Balaban J connectivity index is 1.78. The quantitative estimate of drug-likeness (QED) is 0.154. The molecule has 0 unspecified atom stereocenters. The topological polar surface area (TPSA) is 114 Å². The normalized spacial score (nSPS) is 10.9. The lowest BCUT2D eigenvalue weighted by atomic mass is 10.1. The van der Waals surface area contributed by atoms with E-state index < -0.39 is 10.8 Å². The van der Waals surface area contributed by atoms with Crippen LogP contribution in [-0.2, 0) is 11.4 Å². The van der Waals surface area contributed by atoms with Gasteiger partial charge in [-0.1, -0.05) is 18.2 Å². The van der Waals surface area contributed by atoms with Crippen LogP contribution in [0.25, 0.3) is 6.08 Å². The monoisotopic (exact) mass is 539 g/mol. The number of nitriles is 1. The highest BCUT2D eigenvalue weighted by atomic mass is 79.9. The van der Waals surface area contributed by atoms with E-state index in [0.29, 0.717) is 28.1 Å². The number of hydrogen-bond donors (Lipinski definition) is 1. The minimum absolute atomic E-state index is 0.142. The summed E-state index contributed by atoms with van der Waals surface area (Å²) in [5.41, 5.74) is 1.26. The van der Waals surface area contributed by atoms with Crippen LogP contribution in [0.1, 0.15) is 18.1 Å². The highest BCUT2D eigenvalue weighted by molar-refractivity contribution is 9.10. The van der Waals surface area contributed by atoms with Gasteiger partial charge in [-0.3, -0.25) is 14.9 Å². The first-order valence-electron chi connectivity index (χ1n) is 10.3. The number of anilines is 1. The number of non-ortho nitro benzene ring substituents is 1. The van der Waals surface area contributed by atoms with Crippen molar-refractivity contribution < 1.29 is 23.6 Å². The molecule has 3 aromatic carbocycles. The van der Waals surface area contributed by atoms with Gasteiger partial charge in [-0.05, 0) is 70.4 Å². The molecule has 0 aliphatic rings. The van der Waals surface area contributed by atoms with Crippen LogP contribution in [0.4, 0.5) is 15.8 Å². The van der Waals surface area contributed by atoms with E-state index >= 15 is 0 Å². The van der Waals surface area contributed by atoms with Crippen LogP contribution in [0.3, 0.4) is 0 Å². The summed E-state index contributed by atoms with van der Waals surface area (Å²) >= 11 is 3.18. The van der Waals surface area contributed by atoms with Crippen molar-refractivity contribution in [2.24, 2.45) is 0 Å². The molecule has 0 saturated carbocycles. The van der Waals surface area contributed by atoms with Gasteiger partial charge in [0.1, 0.15) is 24.1 Å². The van der Waals surface area contributed by atoms with Gasteiger partial charge in [0, 0.05) is 16.6 Å². The van der Waals surface area contributed by atoms with Gasteiger partial charge in [-0.15, -0.1) is 0 Å². The highest BCUT2D eigenvalue weighted by Crippen LogP contribution is 2.31. The van der Waals surface area contributed by atoms with E-state index in [-0.39, 0.29) is 29.4 Å². The molecule has 0 saturated heterocycles. The first kappa shape index (κ1) is 25.4. The van der Waals surface area contributed by atoms with Crippen LogP contribution >= 0.6 is 15.9 Å². The van der Waals surface area contributed by atoms with Crippen LogP contribution in [0.2, 0.25) is 0 Å². The number of amides is 1. The van der Waals surface area contributed by atoms with Crippen LogP contribution in [-0.4, -0.2) is 17.4 Å². The van der Waals surface area contributed by atoms with E-state index in [1.807, 2.05) is 13.0 Å². The minimum Gasteiger partial charge on any atom is -0.490 e. The molecule has 1 amide bonds. The van der Waals surface area contributed by atoms with Gasteiger partial charge in [0.2, 0.25) is 0 Å². The van der Waals surface area contributed by atoms with Crippen molar-refractivity contribution in [3.63, 3.8) is 0 Å². The van der Waals surface area contributed by atoms with Crippen molar-refractivity contribution in [3.05, 3.63) is 97.8 Å². The molecule has 35 heavy (non-hydrogen) atoms. The summed E-state index contributed by atoms with van der Waals surface area (Å²) in [6.45, 7) is 2.37. The average molecular weight is 540 g/mol. The van der Waals surface area contributed by atoms with Crippen molar-refractivity contribution in [1.29, 1.82) is 5.26 Å². The third-order valence-electron chi connectivity index (χ3n) is 4.66. The maximum atomic E-state index is 13.1. The van der Waals surface area contributed by atoms with Gasteiger partial charge < -0.3 is 14.8 Å². The van der Waals surface area contributed by atoms with Crippen LogP contribution in [0.5, 0.6) is 11.5 Å². The fourth-order valence-electron chi connectivity index (χ4n) is 2.97. The van der Waals surface area contributed by atoms with Gasteiger partial charge in [0.25, 0.3) is 11.6 Å². The SMILES string of the molecule is CCOc1cc(C=C(C#N)C(=O)Nc2ccc([N+](=O)[O-])cc2Br)ccc1OCc1ccc(F)cc1. The molecular formula is C25H19BrFN3O5. The number of nitrogens with zero attached hydrogens (tertiary/aromatic N) is 2. The predicted molar refractivity (Wildman–Crippen MR) is 131 cm³/mol. The number of hydrogen-bond acceptors (Lipinski definition) is 6. The number of ether oxygens (including phenoxy) is 2. The van der Waals surface area contributed by atoms with E-state index in [0.717, 1.165) is 5.56 Å². The lowest BCUT2D eigenvalue weighted by Gasteiger charge is -2.13. The molecule has 0 spiro atoms. The number of benzene rings is 3. The van der Waals surface area contributed by atoms with E-state index in [9.17, 15) is 24.6 Å². The Morgan fingerprint density at radius 1 is 1.14 bits per heavy atom. The predicted octanol–water partition coefficient (Wildman–Crippen LogP) is 6.02. The first-order valence-corrected chi connectivity index (χ1v) is 11.1. The summed E-state index contributed by atoms with van der Waals surface area (Å²) in [7, 11) is 0. The molecular weight excluding hydrogens is 521 g/mol. The van der Waals surface area contributed by atoms with Crippen LogP contribution in [0, 0.1) is 27.3 Å². The zero-order valence-corrected chi connectivity index (χ0v) is 20.0. The second-order valence-electron chi connectivity index (χ2n) is 7.10. The number of nitro benzene ring substituents is 1. The fraction of sp³-hybridized carbons (Fsp3) is 0.120. The van der Waals surface area contributed by atoms with Gasteiger partial charge in [0.15, 0.2) is 11.5 Å². The maximum Gasteiger partial charge on any atom is 0.270 e. The van der Waals surface area contributed by atoms with E-state index in [4.69, 9.17) is 9.47 Å². The number of halogens is 2. The van der Waals surface area contributed by atoms with Crippen LogP contribution < -0.4 is 14.8 Å². The third-order valence-corrected chi connectivity index (χ3v) is 5.32. The zero-order chi connectivity index (χ0) is 25.4. The van der Waals surface area contributed by atoms with Gasteiger partial charge in [0.05, 0.1) is 17.2 Å². The summed E-state index contributed by atoms with van der Waals surface area (Å²) in [5.74, 6) is -0.153. The second kappa shape index (κ2) is 11.8. The number of carbonyl (C=O) groups is 1. The smallest absolute Gasteiger partial charge is 0.270 e. The van der Waals surface area contributed by atoms with E-state index in [1.54, 1.807) is 30.3 Å². The molecule has 0 aliphatic heterocycles. The molecule has 0 aliphatic carbocycles. The molecule has 0 atom stereocenters. The molecule has 0 bridgehead atoms. The molecule has 3 rings (SSSR count). The van der Waals surface area contributed by atoms with Gasteiger partial charge in [-0.2, -0.15) is 5.26 Å². The molecule has 0 aromatic heterocycles. The standard InChI is InChI=1S/C25H19BrFN3O5/c1-2-34-24-12-17(5-10-23(24)35-15-16-3-6-19(27)7-4-16)11-18(14-28)25(31)29-22-9-8-20(30(32)33)13-21(22)26/h3-13H,2,15H2,1H3,(H,29,31). The summed E-state index contributed by atoms with van der Waals surface area (Å²) in [6, 6.07) is 16.6. The summed E-state index contributed by atoms with van der Waals surface area (Å²) in [5, 5.41) is 23.0. The number of nitro groups is 1. The van der Waals surface area contributed by atoms with Crippen molar-refractivity contribution in [2.45, 2.75) is 13.5 Å². The molecule has 0 heterocycles. The summed E-state index contributed by atoms with van der Waals surface area (Å²) in [4.78, 5) is 23.0. The second-order valence-corrected chi connectivity index (χ2v) is 7.95. The van der Waals surface area contributed by atoms with Crippen LogP contribution in [0.15, 0.2) is 70.7 Å². The fourth-order valence-corrected chi connectivity index (χ4v) is 3.43. The molecule has 8 nitrogen and oxygen atoms in total. The maximum absolute atomic E-state index is 13.1. The largest absolute Gasteiger partial charge is 0.490 e. The molecule has 0 fully saturated rings. The van der Waals surface area contributed by atoms with Gasteiger partial charge >= 0.3 is 0 Å².